The molecule has 0 atom stereocenters. The third-order valence-corrected chi connectivity index (χ3v) is 9.90. The van der Waals surface area contributed by atoms with Crippen LogP contribution < -0.4 is 0 Å². The van der Waals surface area contributed by atoms with Crippen molar-refractivity contribution in [2.45, 2.75) is 19.6 Å². The van der Waals surface area contributed by atoms with Crippen LogP contribution in [0, 0.1) is 0 Å². The summed E-state index contributed by atoms with van der Waals surface area (Å²) in [4.78, 5) is -4.00. The van der Waals surface area contributed by atoms with E-state index in [4.69, 9.17) is 23.2 Å². The monoisotopic (exact) mass is 598 g/mol. The molecule has 0 unspecified atom stereocenters. The van der Waals surface area contributed by atoms with Crippen LogP contribution in [0.15, 0.2) is 43.8 Å². The second kappa shape index (κ2) is 9.96. The molecule has 0 aromatic heterocycles. The molecular formula is C16H16Cl2O12S4. The minimum absolute atomic E-state index is 0.448. The Morgan fingerprint density at radius 2 is 0.647 bits per heavy atom. The van der Waals surface area contributed by atoms with Gasteiger partial charge in [-0.25, -0.2) is 0 Å². The zero-order valence-electron chi connectivity index (χ0n) is 17.6. The number of rotatable bonds is 9. The highest BCUT2D eigenvalue weighted by Gasteiger charge is 2.37. The van der Waals surface area contributed by atoms with Crippen molar-refractivity contribution in [3.05, 3.63) is 34.3 Å². The molecule has 0 radical (unpaired) electrons. The summed E-state index contributed by atoms with van der Waals surface area (Å²) >= 11 is 11.9. The van der Waals surface area contributed by atoms with Gasteiger partial charge >= 0.3 is 0 Å². The highest BCUT2D eigenvalue weighted by atomic mass is 35.5. The van der Waals surface area contributed by atoms with E-state index in [0.29, 0.717) is 0 Å². The molecule has 18 heteroatoms. The first-order valence-electron chi connectivity index (χ1n) is 8.39. The van der Waals surface area contributed by atoms with Crippen LogP contribution in [-0.4, -0.2) is 62.1 Å². The number of benzene rings is 2. The molecule has 12 nitrogen and oxygen atoms in total. The third-order valence-electron chi connectivity index (χ3n) is 4.27. The van der Waals surface area contributed by atoms with Gasteiger partial charge in [0.15, 0.2) is 0 Å². The first-order chi connectivity index (χ1) is 15.5. The fraction of sp³-hybridized carbons (Fsp3) is 0.250. The molecule has 34 heavy (non-hydrogen) atoms. The Balaban J connectivity index is 3.49. The molecule has 0 N–H and O–H groups in total. The SMILES string of the molecule is COS(=O)(=O)c1cc(Cl)cc(S(=O)(=O)OC)c1-c1c(S(=O)(=O)OC)cc(Cl)cc1S(=O)(=O)OC. The first-order valence-corrected chi connectivity index (χ1v) is 14.8. The highest BCUT2D eigenvalue weighted by molar-refractivity contribution is 7.88. The van der Waals surface area contributed by atoms with Crippen molar-refractivity contribution in [1.82, 2.24) is 0 Å². The first kappa shape index (κ1) is 28.9. The second-order valence-corrected chi connectivity index (χ2v) is 13.6. The predicted molar refractivity (Wildman–Crippen MR) is 119 cm³/mol. The van der Waals surface area contributed by atoms with E-state index in [0.717, 1.165) is 52.7 Å². The van der Waals surface area contributed by atoms with Gasteiger partial charge in [0.1, 0.15) is 19.6 Å². The fourth-order valence-corrected chi connectivity index (χ4v) is 7.23. The number of hydrogen-bond donors (Lipinski definition) is 0. The van der Waals surface area contributed by atoms with Gasteiger partial charge in [0.05, 0.1) is 28.4 Å². The highest BCUT2D eigenvalue weighted by Crippen LogP contribution is 2.45. The minimum atomic E-state index is -4.85. The van der Waals surface area contributed by atoms with Crippen LogP contribution in [0.4, 0.5) is 0 Å². The largest absolute Gasteiger partial charge is 0.297 e. The average molecular weight is 599 g/mol. The molecular weight excluding hydrogens is 583 g/mol. The molecule has 0 amide bonds. The Hall–Kier alpha value is -1.34. The van der Waals surface area contributed by atoms with Gasteiger partial charge in [0.25, 0.3) is 40.5 Å². The maximum Gasteiger partial charge on any atom is 0.297 e. The van der Waals surface area contributed by atoms with Crippen molar-refractivity contribution >= 4 is 63.7 Å². The van der Waals surface area contributed by atoms with Crippen LogP contribution in [0.3, 0.4) is 0 Å². The standard InChI is InChI=1S/C16H16Cl2O12S4/c1-27-31(19,20)11-5-9(17)6-12(32(21,22)28-2)15(11)16-13(33(23,24)29-3)7-10(18)8-14(16)34(25,26)30-4/h5-8H,1-4H3. The summed E-state index contributed by atoms with van der Waals surface area (Å²) in [7, 11) is -16.5. The van der Waals surface area contributed by atoms with Crippen molar-refractivity contribution in [2.24, 2.45) is 0 Å². The lowest BCUT2D eigenvalue weighted by Crippen LogP contribution is -2.16. The van der Waals surface area contributed by atoms with Gasteiger partial charge in [-0.3, -0.25) is 16.7 Å². The Bertz CT molecular complexity index is 1330. The quantitative estimate of drug-likeness (QED) is 0.384. The molecule has 0 bridgehead atoms. The lowest BCUT2D eigenvalue weighted by molar-refractivity contribution is 0.392. The van der Waals surface area contributed by atoms with Crippen LogP contribution in [0.1, 0.15) is 0 Å². The lowest BCUT2D eigenvalue weighted by atomic mass is 10.1. The van der Waals surface area contributed by atoms with E-state index >= 15 is 0 Å². The molecule has 2 rings (SSSR count). The van der Waals surface area contributed by atoms with Crippen LogP contribution in [-0.2, 0) is 57.2 Å². The van der Waals surface area contributed by atoms with Gasteiger partial charge in [-0.15, -0.1) is 0 Å². The van der Waals surface area contributed by atoms with Gasteiger partial charge in [-0.2, -0.15) is 33.7 Å². The van der Waals surface area contributed by atoms with E-state index in [1.807, 2.05) is 0 Å². The van der Waals surface area contributed by atoms with Gasteiger partial charge < -0.3 is 0 Å². The summed E-state index contributed by atoms with van der Waals surface area (Å²) in [6.45, 7) is 0. The maximum atomic E-state index is 12.7. The Kier molecular flexibility index (Phi) is 8.47. The molecule has 0 aliphatic heterocycles. The maximum absolute atomic E-state index is 12.7. The van der Waals surface area contributed by atoms with Crippen LogP contribution >= 0.6 is 23.2 Å². The van der Waals surface area contributed by atoms with E-state index in [9.17, 15) is 33.7 Å². The zero-order chi connectivity index (χ0) is 26.3. The molecule has 190 valence electrons. The summed E-state index contributed by atoms with van der Waals surface area (Å²) in [5.41, 5.74) is -1.92. The number of halogens is 2. The summed E-state index contributed by atoms with van der Waals surface area (Å²) in [6, 6.07) is 2.91. The predicted octanol–water partition coefficient (Wildman–Crippen LogP) is 2.00. The zero-order valence-corrected chi connectivity index (χ0v) is 22.4. The summed E-state index contributed by atoms with van der Waals surface area (Å²) in [6.07, 6.45) is 0. The summed E-state index contributed by atoms with van der Waals surface area (Å²) < 4.78 is 120. The molecule has 0 spiro atoms. The van der Waals surface area contributed by atoms with Gasteiger partial charge in [-0.05, 0) is 24.3 Å². The van der Waals surface area contributed by atoms with E-state index in [-0.39, 0.29) is 0 Å². The lowest BCUT2D eigenvalue weighted by Gasteiger charge is -2.20. The molecule has 2 aromatic carbocycles. The van der Waals surface area contributed by atoms with Crippen molar-refractivity contribution in [2.75, 3.05) is 28.4 Å². The third kappa shape index (κ3) is 5.40. The normalized spacial score (nSPS) is 13.2. The minimum Gasteiger partial charge on any atom is -0.270 e. The summed E-state index contributed by atoms with van der Waals surface area (Å²) in [5.74, 6) is 0. The van der Waals surface area contributed by atoms with E-state index in [2.05, 4.69) is 16.7 Å². The number of hydrogen-bond acceptors (Lipinski definition) is 12. The van der Waals surface area contributed by atoms with Crippen LogP contribution in [0.25, 0.3) is 11.1 Å². The Morgan fingerprint density at radius 1 is 0.471 bits per heavy atom. The Morgan fingerprint density at radius 3 is 0.794 bits per heavy atom. The topological polar surface area (TPSA) is 173 Å². The van der Waals surface area contributed by atoms with E-state index < -0.39 is 81.2 Å². The molecule has 0 heterocycles. The molecule has 0 fully saturated rings. The molecule has 2 aromatic rings. The molecule has 0 saturated heterocycles. The molecule has 0 aliphatic carbocycles. The van der Waals surface area contributed by atoms with E-state index in [1.54, 1.807) is 0 Å². The summed E-state index contributed by atoms with van der Waals surface area (Å²) in [5, 5.41) is -0.896. The Labute approximate surface area is 206 Å². The van der Waals surface area contributed by atoms with Gasteiger partial charge in [-0.1, -0.05) is 23.2 Å². The van der Waals surface area contributed by atoms with Crippen molar-refractivity contribution in [3.63, 3.8) is 0 Å². The van der Waals surface area contributed by atoms with Crippen LogP contribution in [0.5, 0.6) is 0 Å². The smallest absolute Gasteiger partial charge is 0.270 e. The molecule has 0 aliphatic rings. The molecule has 0 saturated carbocycles. The van der Waals surface area contributed by atoms with E-state index in [1.165, 1.54) is 0 Å². The van der Waals surface area contributed by atoms with Crippen molar-refractivity contribution in [3.8, 4) is 11.1 Å². The van der Waals surface area contributed by atoms with Crippen molar-refractivity contribution in [1.29, 1.82) is 0 Å². The van der Waals surface area contributed by atoms with Crippen LogP contribution in [0.2, 0.25) is 10.0 Å². The van der Waals surface area contributed by atoms with Gasteiger partial charge in [0.2, 0.25) is 0 Å². The second-order valence-electron chi connectivity index (χ2n) is 6.04. The fourth-order valence-electron chi connectivity index (χ4n) is 2.76. The average Bonchev–Trinajstić information content (AvgIpc) is 2.78. The van der Waals surface area contributed by atoms with Gasteiger partial charge in [0, 0.05) is 21.2 Å². The van der Waals surface area contributed by atoms with Crippen molar-refractivity contribution < 1.29 is 50.4 Å².